The zero-order chi connectivity index (χ0) is 28.9. The van der Waals surface area contributed by atoms with Crippen LogP contribution in [-0.4, -0.2) is 29.9 Å². The predicted octanol–water partition coefficient (Wildman–Crippen LogP) is 5.07. The summed E-state index contributed by atoms with van der Waals surface area (Å²) in [5, 5.41) is 20.3. The Kier molecular flexibility index (Phi) is 8.70. The van der Waals surface area contributed by atoms with E-state index in [-0.39, 0.29) is 23.7 Å². The highest BCUT2D eigenvalue weighted by Gasteiger charge is 2.31. The van der Waals surface area contributed by atoms with Crippen molar-refractivity contribution in [2.45, 2.75) is 31.8 Å². The number of hydrogen-bond acceptors (Lipinski definition) is 9. The number of rotatable bonds is 10. The number of aromatic nitrogens is 2. The number of thiazole rings is 1. The second-order valence-electron chi connectivity index (χ2n) is 8.52. The van der Waals surface area contributed by atoms with Gasteiger partial charge in [-0.05, 0) is 60.5 Å². The predicted molar refractivity (Wildman–Crippen MR) is 142 cm³/mol. The normalized spacial score (nSPS) is 12.5. The van der Waals surface area contributed by atoms with Crippen molar-refractivity contribution in [1.82, 2.24) is 14.7 Å². The fourth-order valence-corrected chi connectivity index (χ4v) is 5.80. The van der Waals surface area contributed by atoms with Crippen LogP contribution in [0.4, 0.5) is 24.0 Å². The Morgan fingerprint density at radius 2 is 1.82 bits per heavy atom. The molecule has 4 rings (SSSR count). The second kappa shape index (κ2) is 12.0. The zero-order valence-electron chi connectivity index (χ0n) is 20.8. The number of aryl methyl sites for hydroxylation is 1. The van der Waals surface area contributed by atoms with Gasteiger partial charge in [-0.25, -0.2) is 13.4 Å². The van der Waals surface area contributed by atoms with Gasteiger partial charge in [0.25, 0.3) is 0 Å². The first kappa shape index (κ1) is 29.0. The SMILES string of the molecule is Cc1sc(N(Cc2ccc(OC(F)(F)F)cc2)c2ccc(C#N)cc2)nc1C(O)NS(=O)(=O)Cc1cccnc1. The van der Waals surface area contributed by atoms with Gasteiger partial charge < -0.3 is 14.7 Å². The van der Waals surface area contributed by atoms with Crippen LogP contribution in [-0.2, 0) is 22.3 Å². The molecule has 40 heavy (non-hydrogen) atoms. The number of sulfonamides is 1. The van der Waals surface area contributed by atoms with Gasteiger partial charge in [-0.3, -0.25) is 4.98 Å². The van der Waals surface area contributed by atoms with Crippen LogP contribution in [0.2, 0.25) is 0 Å². The third kappa shape index (κ3) is 7.76. The van der Waals surface area contributed by atoms with E-state index in [1.54, 1.807) is 48.2 Å². The number of nitrogens with zero attached hydrogens (tertiary/aromatic N) is 4. The number of aliphatic hydroxyl groups is 1. The summed E-state index contributed by atoms with van der Waals surface area (Å²) in [4.78, 5) is 10.7. The van der Waals surface area contributed by atoms with E-state index >= 15 is 0 Å². The van der Waals surface area contributed by atoms with Gasteiger partial charge >= 0.3 is 6.36 Å². The first-order valence-corrected chi connectivity index (χ1v) is 14.1. The minimum atomic E-state index is -4.81. The van der Waals surface area contributed by atoms with Gasteiger partial charge in [-0.15, -0.1) is 24.5 Å². The van der Waals surface area contributed by atoms with Crippen molar-refractivity contribution >= 4 is 32.2 Å². The van der Waals surface area contributed by atoms with Crippen LogP contribution >= 0.6 is 11.3 Å². The molecule has 0 aliphatic rings. The highest BCUT2D eigenvalue weighted by Crippen LogP contribution is 2.35. The molecule has 0 spiro atoms. The molecule has 0 bridgehead atoms. The molecular weight excluding hydrogens is 567 g/mol. The number of pyridine rings is 1. The maximum atomic E-state index is 12.6. The lowest BCUT2D eigenvalue weighted by Crippen LogP contribution is -2.30. The molecule has 0 aliphatic heterocycles. The maximum absolute atomic E-state index is 12.6. The molecule has 4 aromatic rings. The Hall–Kier alpha value is -4.03. The minimum Gasteiger partial charge on any atom is -0.406 e. The average Bonchev–Trinajstić information content (AvgIpc) is 3.29. The van der Waals surface area contributed by atoms with E-state index in [4.69, 9.17) is 5.26 Å². The highest BCUT2D eigenvalue weighted by atomic mass is 32.2. The molecule has 2 aromatic heterocycles. The van der Waals surface area contributed by atoms with Gasteiger partial charge in [-0.1, -0.05) is 18.2 Å². The van der Waals surface area contributed by atoms with Crippen LogP contribution in [0, 0.1) is 18.3 Å². The van der Waals surface area contributed by atoms with Crippen molar-refractivity contribution in [2.75, 3.05) is 4.90 Å². The van der Waals surface area contributed by atoms with Crippen molar-refractivity contribution in [3.8, 4) is 11.8 Å². The monoisotopic (exact) mass is 589 g/mol. The minimum absolute atomic E-state index is 0.0994. The summed E-state index contributed by atoms with van der Waals surface area (Å²) in [6, 6.07) is 17.1. The molecule has 2 aromatic carbocycles. The molecule has 14 heteroatoms. The summed E-state index contributed by atoms with van der Waals surface area (Å²) in [6.07, 6.45) is -3.52. The Balaban J connectivity index is 1.60. The van der Waals surface area contributed by atoms with Gasteiger partial charge in [0.05, 0.1) is 23.9 Å². The van der Waals surface area contributed by atoms with Gasteiger partial charge in [-0.2, -0.15) is 9.98 Å². The number of hydrogen-bond donors (Lipinski definition) is 2. The van der Waals surface area contributed by atoms with Crippen molar-refractivity contribution in [3.63, 3.8) is 0 Å². The van der Waals surface area contributed by atoms with Crippen molar-refractivity contribution in [1.29, 1.82) is 5.26 Å². The Morgan fingerprint density at radius 3 is 2.42 bits per heavy atom. The van der Waals surface area contributed by atoms with Crippen LogP contribution < -0.4 is 14.4 Å². The van der Waals surface area contributed by atoms with Gasteiger partial charge in [0, 0.05) is 23.0 Å². The lowest BCUT2D eigenvalue weighted by Gasteiger charge is -2.22. The summed E-state index contributed by atoms with van der Waals surface area (Å²) in [6.45, 7) is 1.84. The van der Waals surface area contributed by atoms with Crippen LogP contribution in [0.3, 0.4) is 0 Å². The molecule has 0 aliphatic carbocycles. The molecular formula is C26H22F3N5O4S2. The van der Waals surface area contributed by atoms with Crippen molar-refractivity contribution in [2.24, 2.45) is 0 Å². The summed E-state index contributed by atoms with van der Waals surface area (Å²) in [7, 11) is -3.95. The Labute approximate surface area is 232 Å². The fourth-order valence-electron chi connectivity index (χ4n) is 3.70. The van der Waals surface area contributed by atoms with Crippen molar-refractivity contribution in [3.05, 3.63) is 100 Å². The molecule has 0 fully saturated rings. The molecule has 0 amide bonds. The second-order valence-corrected chi connectivity index (χ2v) is 11.5. The number of anilines is 2. The lowest BCUT2D eigenvalue weighted by molar-refractivity contribution is -0.274. The van der Waals surface area contributed by atoms with E-state index in [2.05, 4.69) is 19.4 Å². The molecule has 1 unspecified atom stereocenters. The average molecular weight is 590 g/mol. The van der Waals surface area contributed by atoms with Gasteiger partial charge in [0.2, 0.25) is 10.0 Å². The third-order valence-electron chi connectivity index (χ3n) is 5.49. The Bertz CT molecular complexity index is 1590. The van der Waals surface area contributed by atoms with Gasteiger partial charge in [0.15, 0.2) is 11.4 Å². The maximum Gasteiger partial charge on any atom is 0.573 e. The molecule has 2 N–H and O–H groups in total. The van der Waals surface area contributed by atoms with E-state index in [1.807, 2.05) is 6.07 Å². The largest absolute Gasteiger partial charge is 0.573 e. The first-order chi connectivity index (χ1) is 18.9. The number of nitriles is 1. The number of halogens is 3. The first-order valence-electron chi connectivity index (χ1n) is 11.6. The molecule has 1 atom stereocenters. The highest BCUT2D eigenvalue weighted by molar-refractivity contribution is 7.88. The van der Waals surface area contributed by atoms with Crippen LogP contribution in [0.5, 0.6) is 5.75 Å². The van der Waals surface area contributed by atoms with Crippen molar-refractivity contribution < 1.29 is 31.4 Å². The Morgan fingerprint density at radius 1 is 1.12 bits per heavy atom. The number of ether oxygens (including phenoxy) is 1. The number of nitrogens with one attached hydrogen (secondary N) is 1. The van der Waals surface area contributed by atoms with E-state index in [9.17, 15) is 26.7 Å². The number of alkyl halides is 3. The van der Waals surface area contributed by atoms with Crippen LogP contribution in [0.15, 0.2) is 73.1 Å². The molecule has 208 valence electrons. The quantitative estimate of drug-likeness (QED) is 0.246. The number of aliphatic hydroxyl groups excluding tert-OH is 1. The molecule has 0 saturated carbocycles. The standard InChI is InChI=1S/C26H22F3N5O4S2/c1-17-23(24(35)33-40(36,37)16-20-3-2-12-31-14-20)32-25(39-17)34(21-8-4-18(13-30)5-9-21)15-19-6-10-22(11-7-19)38-26(27,28)29/h2-12,14,24,33,35H,15-16H2,1H3. The summed E-state index contributed by atoms with van der Waals surface area (Å²) in [5.74, 6) is -0.755. The molecule has 2 heterocycles. The summed E-state index contributed by atoms with van der Waals surface area (Å²) < 4.78 is 69.1. The van der Waals surface area contributed by atoms with E-state index in [0.29, 0.717) is 32.4 Å². The number of benzene rings is 2. The van der Waals surface area contributed by atoms with Crippen LogP contribution in [0.1, 0.15) is 33.5 Å². The zero-order valence-corrected chi connectivity index (χ0v) is 22.5. The fraction of sp³-hybridized carbons (Fsp3) is 0.192. The molecule has 0 radical (unpaired) electrons. The molecule has 9 nitrogen and oxygen atoms in total. The topological polar surface area (TPSA) is 128 Å². The molecule has 0 saturated heterocycles. The lowest BCUT2D eigenvalue weighted by atomic mass is 10.1. The van der Waals surface area contributed by atoms with Crippen LogP contribution in [0.25, 0.3) is 0 Å². The summed E-state index contributed by atoms with van der Waals surface area (Å²) in [5.41, 5.74) is 2.19. The third-order valence-corrected chi connectivity index (χ3v) is 7.79. The van der Waals surface area contributed by atoms with E-state index in [0.717, 1.165) is 0 Å². The van der Waals surface area contributed by atoms with E-state index < -0.39 is 22.6 Å². The summed E-state index contributed by atoms with van der Waals surface area (Å²) >= 11 is 1.19. The smallest absolute Gasteiger partial charge is 0.406 e. The van der Waals surface area contributed by atoms with Gasteiger partial charge in [0.1, 0.15) is 11.4 Å². The van der Waals surface area contributed by atoms with E-state index in [1.165, 1.54) is 48.0 Å².